The highest BCUT2D eigenvalue weighted by atomic mass is 16.1. The van der Waals surface area contributed by atoms with E-state index in [2.05, 4.69) is 42.7 Å². The molecule has 0 heterocycles. The van der Waals surface area contributed by atoms with Crippen LogP contribution in [0.3, 0.4) is 0 Å². The van der Waals surface area contributed by atoms with Crippen LogP contribution in [0.25, 0.3) is 0 Å². The lowest BCUT2D eigenvalue weighted by molar-refractivity contribution is -0.116. The highest BCUT2D eigenvalue weighted by Crippen LogP contribution is 2.21. The number of carbonyl (C=O) groups excluding carboxylic acids is 1. The summed E-state index contributed by atoms with van der Waals surface area (Å²) in [5, 5.41) is 6.61. The van der Waals surface area contributed by atoms with E-state index in [1.54, 1.807) is 0 Å². The molecule has 0 unspecified atom stereocenters. The third kappa shape index (κ3) is 4.85. The first-order valence-electron chi connectivity index (χ1n) is 8.32. The Morgan fingerprint density at radius 2 is 2.00 bits per heavy atom. The van der Waals surface area contributed by atoms with Crippen LogP contribution >= 0.6 is 0 Å². The summed E-state index contributed by atoms with van der Waals surface area (Å²) in [4.78, 5) is 12.1. The number of carbonyl (C=O) groups is 1. The summed E-state index contributed by atoms with van der Waals surface area (Å²) < 4.78 is 0. The Bertz CT molecular complexity index is 464. The van der Waals surface area contributed by atoms with Crippen molar-refractivity contribution in [3.8, 4) is 0 Å². The maximum Gasteiger partial charge on any atom is 0.225 e. The topological polar surface area (TPSA) is 41.1 Å². The van der Waals surface area contributed by atoms with Crippen LogP contribution in [0.4, 0.5) is 5.69 Å². The molecule has 1 aromatic rings. The van der Waals surface area contributed by atoms with Gasteiger partial charge in [-0.2, -0.15) is 0 Å². The van der Waals surface area contributed by atoms with Crippen LogP contribution in [0.2, 0.25) is 0 Å². The monoisotopic (exact) mass is 288 g/mol. The Labute approximate surface area is 128 Å². The van der Waals surface area contributed by atoms with Gasteiger partial charge >= 0.3 is 0 Å². The molecule has 1 aromatic carbocycles. The number of anilines is 1. The molecule has 2 rings (SSSR count). The van der Waals surface area contributed by atoms with E-state index < -0.39 is 0 Å². The first-order valence-corrected chi connectivity index (χ1v) is 8.32. The van der Waals surface area contributed by atoms with Crippen molar-refractivity contribution in [1.82, 2.24) is 5.32 Å². The third-order valence-electron chi connectivity index (χ3n) is 4.39. The van der Waals surface area contributed by atoms with Crippen LogP contribution in [0.1, 0.15) is 56.6 Å². The van der Waals surface area contributed by atoms with E-state index in [1.807, 2.05) is 0 Å². The maximum absolute atomic E-state index is 12.1. The summed E-state index contributed by atoms with van der Waals surface area (Å²) in [6.07, 6.45) is 8.04. The van der Waals surface area contributed by atoms with E-state index in [9.17, 15) is 4.79 Å². The number of rotatable bonds is 6. The lowest BCUT2D eigenvalue weighted by Crippen LogP contribution is -2.33. The van der Waals surface area contributed by atoms with Crippen LogP contribution in [0.5, 0.6) is 0 Å². The molecule has 0 aliphatic heterocycles. The summed E-state index contributed by atoms with van der Waals surface area (Å²) in [7, 11) is 0. The van der Waals surface area contributed by atoms with Gasteiger partial charge in [0, 0.05) is 24.7 Å². The van der Waals surface area contributed by atoms with Crippen molar-refractivity contribution < 1.29 is 4.79 Å². The summed E-state index contributed by atoms with van der Waals surface area (Å²) in [6.45, 7) is 4.95. The van der Waals surface area contributed by atoms with E-state index in [0.29, 0.717) is 12.5 Å². The summed E-state index contributed by atoms with van der Waals surface area (Å²) >= 11 is 0. The fourth-order valence-corrected chi connectivity index (χ4v) is 3.10. The van der Waals surface area contributed by atoms with E-state index >= 15 is 0 Å². The number of hydrogen-bond acceptors (Lipinski definition) is 2. The minimum absolute atomic E-state index is 0.113. The molecule has 1 saturated carbocycles. The normalized spacial score (nSPS) is 15.9. The Kier molecular flexibility index (Phi) is 6.24. The fourth-order valence-electron chi connectivity index (χ4n) is 3.10. The number of aryl methyl sites for hydroxylation is 2. The minimum Gasteiger partial charge on any atom is -0.326 e. The lowest BCUT2D eigenvalue weighted by atomic mass is 9.95. The van der Waals surface area contributed by atoms with E-state index in [-0.39, 0.29) is 5.91 Å². The Morgan fingerprint density at radius 3 is 2.71 bits per heavy atom. The first-order chi connectivity index (χ1) is 10.2. The van der Waals surface area contributed by atoms with Crippen LogP contribution in [0, 0.1) is 6.92 Å². The summed E-state index contributed by atoms with van der Waals surface area (Å²) in [6, 6.07) is 6.81. The molecule has 0 aromatic heterocycles. The molecular formula is C18H28N2O. The molecule has 0 saturated heterocycles. The predicted octanol–water partition coefficient (Wildman–Crippen LogP) is 3.81. The molecule has 0 bridgehead atoms. The largest absolute Gasteiger partial charge is 0.326 e. The lowest BCUT2D eigenvalue weighted by Gasteiger charge is -2.22. The number of nitrogens with one attached hydrogen (secondary N) is 2. The van der Waals surface area contributed by atoms with E-state index in [4.69, 9.17) is 0 Å². The van der Waals surface area contributed by atoms with Gasteiger partial charge in [0.15, 0.2) is 0 Å². The Balaban J connectivity index is 1.79. The maximum atomic E-state index is 12.1. The van der Waals surface area contributed by atoms with Gasteiger partial charge in [0.05, 0.1) is 0 Å². The highest BCUT2D eigenvalue weighted by Gasteiger charge is 2.13. The van der Waals surface area contributed by atoms with Crippen molar-refractivity contribution >= 4 is 11.6 Å². The zero-order valence-corrected chi connectivity index (χ0v) is 13.4. The zero-order chi connectivity index (χ0) is 15.1. The van der Waals surface area contributed by atoms with Gasteiger partial charge in [-0.25, -0.2) is 0 Å². The average molecular weight is 288 g/mol. The van der Waals surface area contributed by atoms with Gasteiger partial charge in [-0.1, -0.05) is 44.4 Å². The van der Waals surface area contributed by atoms with E-state index in [0.717, 1.165) is 24.2 Å². The predicted molar refractivity (Wildman–Crippen MR) is 88.7 cm³/mol. The third-order valence-corrected chi connectivity index (χ3v) is 4.39. The molecule has 2 N–H and O–H groups in total. The summed E-state index contributed by atoms with van der Waals surface area (Å²) in [5.41, 5.74) is 3.36. The van der Waals surface area contributed by atoms with Gasteiger partial charge in [-0.05, 0) is 37.3 Å². The molecule has 0 radical (unpaired) electrons. The number of hydrogen-bond donors (Lipinski definition) is 2. The fraction of sp³-hybridized carbons (Fsp3) is 0.611. The van der Waals surface area contributed by atoms with Gasteiger partial charge in [-0.15, -0.1) is 0 Å². The molecule has 116 valence electrons. The molecule has 3 nitrogen and oxygen atoms in total. The average Bonchev–Trinajstić information content (AvgIpc) is 2.50. The molecule has 1 amide bonds. The van der Waals surface area contributed by atoms with Gasteiger partial charge in [-0.3, -0.25) is 4.79 Å². The number of amides is 1. The molecule has 1 fully saturated rings. The molecule has 1 aliphatic rings. The molecule has 1 aliphatic carbocycles. The Morgan fingerprint density at radius 1 is 1.24 bits per heavy atom. The quantitative estimate of drug-likeness (QED) is 0.835. The molecule has 0 spiro atoms. The van der Waals surface area contributed by atoms with Crippen LogP contribution in [-0.4, -0.2) is 18.5 Å². The highest BCUT2D eigenvalue weighted by molar-refractivity contribution is 5.92. The smallest absolute Gasteiger partial charge is 0.225 e. The molecule has 21 heavy (non-hydrogen) atoms. The first kappa shape index (κ1) is 16.0. The standard InChI is InChI=1S/C18H28N2O/c1-3-15-9-7-8-14(2)18(15)20-17(21)12-13-19-16-10-5-4-6-11-16/h7-9,16,19H,3-6,10-13H2,1-2H3,(H,20,21). The van der Waals surface area contributed by atoms with Crippen LogP contribution in [-0.2, 0) is 11.2 Å². The SMILES string of the molecule is CCc1cccc(C)c1NC(=O)CCNC1CCCCC1. The van der Waals surface area contributed by atoms with Crippen LogP contribution < -0.4 is 10.6 Å². The van der Waals surface area contributed by atoms with Gasteiger partial charge in [0.1, 0.15) is 0 Å². The van der Waals surface area contributed by atoms with Crippen molar-refractivity contribution in [1.29, 1.82) is 0 Å². The van der Waals surface area contributed by atoms with Gasteiger partial charge in [0.2, 0.25) is 5.91 Å². The molecule has 3 heteroatoms. The number of para-hydroxylation sites is 1. The van der Waals surface area contributed by atoms with Crippen LogP contribution in [0.15, 0.2) is 18.2 Å². The molecular weight excluding hydrogens is 260 g/mol. The van der Waals surface area contributed by atoms with Crippen molar-refractivity contribution in [2.75, 3.05) is 11.9 Å². The molecule has 0 atom stereocenters. The second kappa shape index (κ2) is 8.18. The number of benzene rings is 1. The summed E-state index contributed by atoms with van der Waals surface area (Å²) in [5.74, 6) is 0.113. The Hall–Kier alpha value is -1.35. The van der Waals surface area contributed by atoms with Gasteiger partial charge in [0.25, 0.3) is 0 Å². The van der Waals surface area contributed by atoms with Crippen molar-refractivity contribution in [2.45, 2.75) is 64.8 Å². The van der Waals surface area contributed by atoms with Crippen molar-refractivity contribution in [3.63, 3.8) is 0 Å². The van der Waals surface area contributed by atoms with Crippen molar-refractivity contribution in [3.05, 3.63) is 29.3 Å². The zero-order valence-electron chi connectivity index (χ0n) is 13.4. The van der Waals surface area contributed by atoms with Gasteiger partial charge < -0.3 is 10.6 Å². The second-order valence-corrected chi connectivity index (χ2v) is 6.05. The minimum atomic E-state index is 0.113. The van der Waals surface area contributed by atoms with E-state index in [1.165, 1.54) is 37.7 Å². The van der Waals surface area contributed by atoms with Crippen molar-refractivity contribution in [2.24, 2.45) is 0 Å². The second-order valence-electron chi connectivity index (χ2n) is 6.05.